The van der Waals surface area contributed by atoms with Crippen molar-refractivity contribution in [2.24, 2.45) is 0 Å². The van der Waals surface area contributed by atoms with Crippen molar-refractivity contribution in [3.05, 3.63) is 69.6 Å². The van der Waals surface area contributed by atoms with Crippen LogP contribution in [-0.2, 0) is 13.0 Å². The Bertz CT molecular complexity index is 1070. The number of benzene rings is 2. The largest absolute Gasteiger partial charge is 0.497 e. The molecule has 2 heterocycles. The molecule has 0 radical (unpaired) electrons. The number of methoxy groups -OCH3 is 2. The van der Waals surface area contributed by atoms with Gasteiger partial charge in [-0.15, -0.1) is 0 Å². The fraction of sp³-hybridized carbons (Fsp3) is 0.375. The average Bonchev–Trinajstić information content (AvgIpc) is 3.20. The summed E-state index contributed by atoms with van der Waals surface area (Å²) in [4.78, 5) is 14.6. The molecule has 0 N–H and O–H groups in total. The molecule has 1 aliphatic heterocycles. The number of fused-ring (bicyclic) bond motifs is 1. The number of likely N-dealkylation sites (tertiary alicyclic amines) is 1. The number of ether oxygens (including phenoxy) is 2. The summed E-state index contributed by atoms with van der Waals surface area (Å²) in [5.41, 5.74) is 3.67. The average molecular weight is 393 g/mol. The van der Waals surface area contributed by atoms with E-state index >= 15 is 0 Å². The van der Waals surface area contributed by atoms with Gasteiger partial charge in [0.25, 0.3) is 0 Å². The quantitative estimate of drug-likeness (QED) is 0.568. The molecule has 0 saturated carbocycles. The van der Waals surface area contributed by atoms with Crippen LogP contribution in [0.25, 0.3) is 11.0 Å². The zero-order chi connectivity index (χ0) is 20.4. The van der Waals surface area contributed by atoms with Crippen molar-refractivity contribution < 1.29 is 13.9 Å². The molecule has 29 heavy (non-hydrogen) atoms. The molecular weight excluding hydrogens is 366 g/mol. The van der Waals surface area contributed by atoms with Crippen LogP contribution in [0.5, 0.6) is 11.5 Å². The number of aryl methyl sites for hydroxylation is 1. The highest BCUT2D eigenvalue weighted by Gasteiger charge is 2.29. The topological polar surface area (TPSA) is 51.9 Å². The molecule has 5 nitrogen and oxygen atoms in total. The van der Waals surface area contributed by atoms with Gasteiger partial charge in [-0.1, -0.05) is 19.1 Å². The first-order valence-electron chi connectivity index (χ1n) is 10.1. The van der Waals surface area contributed by atoms with Gasteiger partial charge < -0.3 is 13.9 Å². The number of hydrogen-bond donors (Lipinski definition) is 0. The maximum absolute atomic E-state index is 12.2. The Labute approximate surface area is 170 Å². The summed E-state index contributed by atoms with van der Waals surface area (Å²) in [6.07, 6.45) is 3.06. The van der Waals surface area contributed by atoms with Crippen molar-refractivity contribution in [3.8, 4) is 11.5 Å². The first-order chi connectivity index (χ1) is 14.1. The Morgan fingerprint density at radius 2 is 1.97 bits per heavy atom. The molecule has 0 unspecified atom stereocenters. The Morgan fingerprint density at radius 3 is 2.72 bits per heavy atom. The zero-order valence-corrected chi connectivity index (χ0v) is 17.2. The van der Waals surface area contributed by atoms with E-state index in [-0.39, 0.29) is 11.7 Å². The van der Waals surface area contributed by atoms with Gasteiger partial charge in [-0.05, 0) is 61.2 Å². The van der Waals surface area contributed by atoms with Crippen molar-refractivity contribution in [1.29, 1.82) is 0 Å². The van der Waals surface area contributed by atoms with E-state index in [1.807, 2.05) is 18.2 Å². The van der Waals surface area contributed by atoms with Gasteiger partial charge in [-0.25, -0.2) is 4.79 Å². The second-order valence-electron chi connectivity index (χ2n) is 7.51. The Morgan fingerprint density at radius 1 is 1.10 bits per heavy atom. The molecule has 0 amide bonds. The van der Waals surface area contributed by atoms with Crippen LogP contribution in [0.2, 0.25) is 0 Å². The smallest absolute Gasteiger partial charge is 0.336 e. The van der Waals surface area contributed by atoms with Crippen molar-refractivity contribution in [2.75, 3.05) is 20.8 Å². The van der Waals surface area contributed by atoms with E-state index in [2.05, 4.69) is 30.0 Å². The first-order valence-corrected chi connectivity index (χ1v) is 10.1. The molecule has 1 aromatic heterocycles. The van der Waals surface area contributed by atoms with Crippen LogP contribution in [0.1, 0.15) is 42.5 Å². The predicted molar refractivity (Wildman–Crippen MR) is 114 cm³/mol. The molecule has 1 fully saturated rings. The standard InChI is InChI=1S/C24H27NO4/c1-4-16-7-9-19-17(13-24(26)29-23(19)12-16)15-25-11-5-6-21(25)20-14-18(27-2)8-10-22(20)28-3/h7-10,12-14,21H,4-6,11,15H2,1-3H3/t21-/m0/s1. The highest BCUT2D eigenvalue weighted by Crippen LogP contribution is 2.40. The first kappa shape index (κ1) is 19.5. The Hall–Kier alpha value is -2.79. The number of nitrogens with zero attached hydrogens (tertiary/aromatic N) is 1. The fourth-order valence-electron chi connectivity index (χ4n) is 4.31. The third-order valence-electron chi connectivity index (χ3n) is 5.84. The Kier molecular flexibility index (Phi) is 5.58. The molecule has 152 valence electrons. The third kappa shape index (κ3) is 3.87. The van der Waals surface area contributed by atoms with Crippen molar-refractivity contribution in [3.63, 3.8) is 0 Å². The fourth-order valence-corrected chi connectivity index (χ4v) is 4.31. The monoisotopic (exact) mass is 393 g/mol. The van der Waals surface area contributed by atoms with E-state index < -0.39 is 0 Å². The van der Waals surface area contributed by atoms with Gasteiger partial charge in [0, 0.05) is 29.6 Å². The van der Waals surface area contributed by atoms with Crippen LogP contribution in [0, 0.1) is 0 Å². The molecule has 1 saturated heterocycles. The van der Waals surface area contributed by atoms with Gasteiger partial charge in [0.2, 0.25) is 0 Å². The van der Waals surface area contributed by atoms with Gasteiger partial charge in [0.1, 0.15) is 17.1 Å². The van der Waals surface area contributed by atoms with E-state index in [1.54, 1.807) is 20.3 Å². The molecule has 5 heteroatoms. The van der Waals surface area contributed by atoms with E-state index in [4.69, 9.17) is 13.9 Å². The summed E-state index contributed by atoms with van der Waals surface area (Å²) < 4.78 is 16.5. The van der Waals surface area contributed by atoms with E-state index in [9.17, 15) is 4.79 Å². The molecule has 3 aromatic rings. The zero-order valence-electron chi connectivity index (χ0n) is 17.2. The van der Waals surface area contributed by atoms with Gasteiger partial charge in [0.15, 0.2) is 0 Å². The summed E-state index contributed by atoms with van der Waals surface area (Å²) in [6.45, 7) is 3.76. The van der Waals surface area contributed by atoms with Gasteiger partial charge in [0.05, 0.1) is 14.2 Å². The van der Waals surface area contributed by atoms with Crippen LogP contribution in [0.15, 0.2) is 51.7 Å². The van der Waals surface area contributed by atoms with E-state index in [0.29, 0.717) is 12.1 Å². The van der Waals surface area contributed by atoms with Crippen LogP contribution < -0.4 is 15.1 Å². The molecule has 4 rings (SSSR count). The lowest BCUT2D eigenvalue weighted by molar-refractivity contribution is 0.243. The molecule has 0 bridgehead atoms. The Balaban J connectivity index is 1.70. The van der Waals surface area contributed by atoms with Crippen LogP contribution in [0.4, 0.5) is 0 Å². The summed E-state index contributed by atoms with van der Waals surface area (Å²) in [6, 6.07) is 14.0. The second kappa shape index (κ2) is 8.29. The molecule has 1 atom stereocenters. The van der Waals surface area contributed by atoms with Crippen molar-refractivity contribution >= 4 is 11.0 Å². The molecule has 2 aromatic carbocycles. The summed E-state index contributed by atoms with van der Waals surface area (Å²) >= 11 is 0. The van der Waals surface area contributed by atoms with Gasteiger partial charge >= 0.3 is 5.63 Å². The lowest BCUT2D eigenvalue weighted by Gasteiger charge is -2.27. The lowest BCUT2D eigenvalue weighted by Crippen LogP contribution is -2.24. The van der Waals surface area contributed by atoms with Crippen LogP contribution in [-0.4, -0.2) is 25.7 Å². The maximum atomic E-state index is 12.2. The molecule has 0 spiro atoms. The van der Waals surface area contributed by atoms with Crippen LogP contribution in [0.3, 0.4) is 0 Å². The second-order valence-corrected chi connectivity index (χ2v) is 7.51. The molecular formula is C24H27NO4. The van der Waals surface area contributed by atoms with Gasteiger partial charge in [-0.3, -0.25) is 4.90 Å². The lowest BCUT2D eigenvalue weighted by atomic mass is 10.0. The van der Waals surface area contributed by atoms with Crippen molar-refractivity contribution in [1.82, 2.24) is 4.90 Å². The minimum Gasteiger partial charge on any atom is -0.497 e. The number of rotatable bonds is 6. The summed E-state index contributed by atoms with van der Waals surface area (Å²) in [5, 5.41) is 1.00. The summed E-state index contributed by atoms with van der Waals surface area (Å²) in [7, 11) is 3.38. The highest BCUT2D eigenvalue weighted by molar-refractivity contribution is 5.80. The van der Waals surface area contributed by atoms with E-state index in [0.717, 1.165) is 59.4 Å². The molecule has 1 aliphatic rings. The SMILES string of the molecule is CCc1ccc2c(CN3CCC[C@H]3c3cc(OC)ccc3OC)cc(=O)oc2c1. The minimum atomic E-state index is -0.296. The normalized spacial score (nSPS) is 17.0. The molecule has 0 aliphatic carbocycles. The minimum absolute atomic E-state index is 0.220. The maximum Gasteiger partial charge on any atom is 0.336 e. The van der Waals surface area contributed by atoms with E-state index in [1.165, 1.54) is 0 Å². The van der Waals surface area contributed by atoms with Gasteiger partial charge in [-0.2, -0.15) is 0 Å². The number of hydrogen-bond acceptors (Lipinski definition) is 5. The van der Waals surface area contributed by atoms with Crippen LogP contribution >= 0.6 is 0 Å². The predicted octanol–water partition coefficient (Wildman–Crippen LogP) is 4.71. The summed E-state index contributed by atoms with van der Waals surface area (Å²) in [5.74, 6) is 1.69. The highest BCUT2D eigenvalue weighted by atomic mass is 16.5. The van der Waals surface area contributed by atoms with Crippen molar-refractivity contribution in [2.45, 2.75) is 38.8 Å². The third-order valence-corrected chi connectivity index (χ3v) is 5.84.